The number of aryl methyl sites for hydroxylation is 1. The summed E-state index contributed by atoms with van der Waals surface area (Å²) in [6.45, 7) is 1.73. The summed E-state index contributed by atoms with van der Waals surface area (Å²) in [5.41, 5.74) is 1.40. The zero-order valence-corrected chi connectivity index (χ0v) is 16.4. The highest BCUT2D eigenvalue weighted by atomic mass is 79.9. The Morgan fingerprint density at radius 3 is 2.61 bits per heavy atom. The Balaban J connectivity index is 2.04. The van der Waals surface area contributed by atoms with Crippen LogP contribution < -0.4 is 14.8 Å². The molecule has 0 aliphatic heterocycles. The number of anilines is 1. The van der Waals surface area contributed by atoms with Gasteiger partial charge in [-0.15, -0.1) is 0 Å². The van der Waals surface area contributed by atoms with E-state index in [1.807, 2.05) is 19.1 Å². The number of methoxy groups -OCH3 is 1. The van der Waals surface area contributed by atoms with Gasteiger partial charge in [-0.25, -0.2) is 0 Å². The summed E-state index contributed by atoms with van der Waals surface area (Å²) >= 11 is 12.8. The second-order valence-corrected chi connectivity index (χ2v) is 6.89. The van der Waals surface area contributed by atoms with Crippen molar-refractivity contribution in [3.05, 3.63) is 49.9 Å². The third kappa shape index (κ3) is 4.86. The van der Waals surface area contributed by atoms with E-state index in [9.17, 15) is 4.79 Å². The molecule has 0 aromatic heterocycles. The third-order valence-corrected chi connectivity index (χ3v) is 4.53. The standard InChI is InChI=1S/C16H14Br2ClNO3/c1-9-5-13(15(22-2)7-12(9)19)20-16(21)8-23-14-4-3-10(17)6-11(14)18/h3-7H,8H2,1-2H3,(H,20,21). The lowest BCUT2D eigenvalue weighted by Gasteiger charge is -2.13. The molecule has 122 valence electrons. The van der Waals surface area contributed by atoms with Crippen LogP contribution in [0.2, 0.25) is 5.02 Å². The summed E-state index contributed by atoms with van der Waals surface area (Å²) in [7, 11) is 1.52. The van der Waals surface area contributed by atoms with Crippen LogP contribution in [0.3, 0.4) is 0 Å². The monoisotopic (exact) mass is 461 g/mol. The Hall–Kier alpha value is -1.24. The number of rotatable bonds is 5. The Morgan fingerprint density at radius 2 is 1.96 bits per heavy atom. The molecular weight excluding hydrogens is 449 g/mol. The number of benzene rings is 2. The lowest BCUT2D eigenvalue weighted by molar-refractivity contribution is -0.118. The molecule has 0 saturated heterocycles. The van der Waals surface area contributed by atoms with Crippen molar-refractivity contribution >= 4 is 55.1 Å². The van der Waals surface area contributed by atoms with Gasteiger partial charge in [0.2, 0.25) is 0 Å². The minimum absolute atomic E-state index is 0.120. The van der Waals surface area contributed by atoms with Gasteiger partial charge in [0.25, 0.3) is 5.91 Å². The first kappa shape index (κ1) is 18.1. The predicted molar refractivity (Wildman–Crippen MR) is 98.7 cm³/mol. The number of hydrogen-bond acceptors (Lipinski definition) is 3. The van der Waals surface area contributed by atoms with E-state index >= 15 is 0 Å². The minimum atomic E-state index is -0.292. The van der Waals surface area contributed by atoms with Crippen molar-refractivity contribution in [3.8, 4) is 11.5 Å². The van der Waals surface area contributed by atoms with Crippen molar-refractivity contribution in [1.29, 1.82) is 0 Å². The smallest absolute Gasteiger partial charge is 0.262 e. The maximum Gasteiger partial charge on any atom is 0.262 e. The summed E-state index contributed by atoms with van der Waals surface area (Å²) in [6, 6.07) is 8.88. The molecule has 0 bridgehead atoms. The molecule has 23 heavy (non-hydrogen) atoms. The number of carbonyl (C=O) groups excluding carboxylic acids is 1. The maximum atomic E-state index is 12.1. The number of hydrogen-bond donors (Lipinski definition) is 1. The van der Waals surface area contributed by atoms with Gasteiger partial charge in [0.1, 0.15) is 11.5 Å². The topological polar surface area (TPSA) is 47.6 Å². The Kier molecular flexibility index (Phi) is 6.33. The predicted octanol–water partition coefficient (Wildman–Crippen LogP) is 5.20. The molecule has 1 N–H and O–H groups in total. The molecule has 0 saturated carbocycles. The summed E-state index contributed by atoms with van der Waals surface area (Å²) in [5.74, 6) is 0.793. The van der Waals surface area contributed by atoms with Crippen LogP contribution in [0.1, 0.15) is 5.56 Å². The van der Waals surface area contributed by atoms with Crippen molar-refractivity contribution in [2.45, 2.75) is 6.92 Å². The number of halogens is 3. The summed E-state index contributed by atoms with van der Waals surface area (Å²) < 4.78 is 12.4. The second-order valence-electron chi connectivity index (χ2n) is 4.71. The van der Waals surface area contributed by atoms with Crippen LogP contribution in [-0.4, -0.2) is 19.6 Å². The van der Waals surface area contributed by atoms with Crippen LogP contribution in [0.5, 0.6) is 11.5 Å². The van der Waals surface area contributed by atoms with Gasteiger partial charge in [-0.2, -0.15) is 0 Å². The van der Waals surface area contributed by atoms with Crippen LogP contribution in [-0.2, 0) is 4.79 Å². The van der Waals surface area contributed by atoms with Gasteiger partial charge in [-0.3, -0.25) is 4.79 Å². The van der Waals surface area contributed by atoms with Gasteiger partial charge >= 0.3 is 0 Å². The fraction of sp³-hybridized carbons (Fsp3) is 0.188. The number of carbonyl (C=O) groups is 1. The Morgan fingerprint density at radius 1 is 1.22 bits per heavy atom. The van der Waals surface area contributed by atoms with Crippen LogP contribution in [0.25, 0.3) is 0 Å². The molecule has 2 aromatic rings. The van der Waals surface area contributed by atoms with Gasteiger partial charge in [0.05, 0.1) is 17.3 Å². The van der Waals surface area contributed by atoms with Crippen LogP contribution in [0.4, 0.5) is 5.69 Å². The molecule has 4 nitrogen and oxygen atoms in total. The normalized spacial score (nSPS) is 10.3. The van der Waals surface area contributed by atoms with E-state index in [4.69, 9.17) is 21.1 Å². The van der Waals surface area contributed by atoms with Gasteiger partial charge in [-0.1, -0.05) is 27.5 Å². The average Bonchev–Trinajstić information content (AvgIpc) is 2.49. The molecule has 1 amide bonds. The lowest BCUT2D eigenvalue weighted by Crippen LogP contribution is -2.20. The lowest BCUT2D eigenvalue weighted by atomic mass is 10.2. The maximum absolute atomic E-state index is 12.1. The van der Waals surface area contributed by atoms with Gasteiger partial charge in [0.15, 0.2) is 6.61 Å². The molecule has 0 unspecified atom stereocenters. The van der Waals surface area contributed by atoms with Crippen LogP contribution in [0.15, 0.2) is 39.3 Å². The Bertz CT molecular complexity index is 738. The first-order valence-corrected chi connectivity index (χ1v) is 8.59. The highest BCUT2D eigenvalue weighted by Crippen LogP contribution is 2.31. The molecule has 0 aliphatic carbocycles. The quantitative estimate of drug-likeness (QED) is 0.663. The van der Waals surface area contributed by atoms with Crippen molar-refractivity contribution in [2.75, 3.05) is 19.0 Å². The van der Waals surface area contributed by atoms with E-state index in [1.165, 1.54) is 7.11 Å². The molecule has 0 atom stereocenters. The number of amides is 1. The van der Waals surface area contributed by atoms with E-state index in [1.54, 1.807) is 18.2 Å². The van der Waals surface area contributed by atoms with Crippen molar-refractivity contribution in [2.24, 2.45) is 0 Å². The van der Waals surface area contributed by atoms with Gasteiger partial charge < -0.3 is 14.8 Å². The fourth-order valence-corrected chi connectivity index (χ4v) is 3.17. The molecular formula is C16H14Br2ClNO3. The van der Waals surface area contributed by atoms with E-state index in [0.29, 0.717) is 22.2 Å². The van der Waals surface area contributed by atoms with Crippen molar-refractivity contribution in [3.63, 3.8) is 0 Å². The van der Waals surface area contributed by atoms with E-state index < -0.39 is 0 Å². The van der Waals surface area contributed by atoms with Gasteiger partial charge in [0, 0.05) is 15.6 Å². The zero-order valence-electron chi connectivity index (χ0n) is 12.5. The van der Waals surface area contributed by atoms with E-state index in [-0.39, 0.29) is 12.5 Å². The third-order valence-electron chi connectivity index (χ3n) is 3.01. The zero-order chi connectivity index (χ0) is 17.0. The summed E-state index contributed by atoms with van der Waals surface area (Å²) in [4.78, 5) is 12.1. The summed E-state index contributed by atoms with van der Waals surface area (Å²) in [5, 5.41) is 3.34. The van der Waals surface area contributed by atoms with Gasteiger partial charge in [-0.05, 0) is 52.7 Å². The molecule has 0 radical (unpaired) electrons. The fourth-order valence-electron chi connectivity index (χ4n) is 1.85. The summed E-state index contributed by atoms with van der Waals surface area (Å²) in [6.07, 6.45) is 0. The molecule has 2 aromatic carbocycles. The van der Waals surface area contributed by atoms with Crippen molar-refractivity contribution < 1.29 is 14.3 Å². The Labute approximate surface area is 156 Å². The highest BCUT2D eigenvalue weighted by Gasteiger charge is 2.11. The molecule has 0 spiro atoms. The highest BCUT2D eigenvalue weighted by molar-refractivity contribution is 9.11. The SMILES string of the molecule is COc1cc(Cl)c(C)cc1NC(=O)COc1ccc(Br)cc1Br. The minimum Gasteiger partial charge on any atom is -0.495 e. The first-order valence-electron chi connectivity index (χ1n) is 6.62. The first-order chi connectivity index (χ1) is 10.9. The molecule has 0 heterocycles. The van der Waals surface area contributed by atoms with Crippen LogP contribution >= 0.6 is 43.5 Å². The van der Waals surface area contributed by atoms with E-state index in [2.05, 4.69) is 37.2 Å². The average molecular weight is 464 g/mol. The second kappa shape index (κ2) is 8.04. The molecule has 2 rings (SSSR count). The van der Waals surface area contributed by atoms with Crippen LogP contribution in [0, 0.1) is 6.92 Å². The number of ether oxygens (including phenoxy) is 2. The molecule has 0 aliphatic rings. The molecule has 7 heteroatoms. The largest absolute Gasteiger partial charge is 0.495 e. The van der Waals surface area contributed by atoms with Crippen molar-refractivity contribution in [1.82, 2.24) is 0 Å². The van der Waals surface area contributed by atoms with E-state index in [0.717, 1.165) is 14.5 Å². The number of nitrogens with one attached hydrogen (secondary N) is 1. The molecule has 0 fully saturated rings.